The summed E-state index contributed by atoms with van der Waals surface area (Å²) in [6.07, 6.45) is 3.12. The molecule has 1 aromatic carbocycles. The topological polar surface area (TPSA) is 76.0 Å². The molecule has 3 aromatic rings. The normalized spacial score (nSPS) is 10.5. The lowest BCUT2D eigenvalue weighted by atomic mass is 10.1. The highest BCUT2D eigenvalue weighted by molar-refractivity contribution is 5.98. The summed E-state index contributed by atoms with van der Waals surface area (Å²) < 4.78 is 2.07. The average molecular weight is 376 g/mol. The van der Waals surface area contributed by atoms with Crippen molar-refractivity contribution in [1.29, 1.82) is 0 Å². The molecule has 0 fully saturated rings. The molecule has 0 aliphatic carbocycles. The third kappa shape index (κ3) is 4.28. The Balaban J connectivity index is 1.66. The number of hydrogen-bond acceptors (Lipinski definition) is 3. The Kier molecular flexibility index (Phi) is 5.89. The molecule has 0 aliphatic heterocycles. The standard InChI is InChI=1S/C22H24N4O2/c1-15-6-9-20(26-16(2)7-8-17(26)3)19(13-15)22(28)25-12-11-24-21(27)18-5-4-10-23-14-18/h4-10,13-14H,11-12H2,1-3H3,(H,24,27)(H,25,28). The molecule has 144 valence electrons. The van der Waals surface area contributed by atoms with Crippen LogP contribution in [-0.2, 0) is 0 Å². The van der Waals surface area contributed by atoms with E-state index in [9.17, 15) is 9.59 Å². The van der Waals surface area contributed by atoms with Crippen molar-refractivity contribution < 1.29 is 9.59 Å². The SMILES string of the molecule is Cc1ccc(-n2c(C)ccc2C)c(C(=O)NCCNC(=O)c2cccnc2)c1. The van der Waals surface area contributed by atoms with E-state index in [1.807, 2.05) is 51.1 Å². The monoisotopic (exact) mass is 376 g/mol. The second-order valence-electron chi connectivity index (χ2n) is 6.73. The summed E-state index contributed by atoms with van der Waals surface area (Å²) in [4.78, 5) is 28.7. The van der Waals surface area contributed by atoms with Gasteiger partial charge >= 0.3 is 0 Å². The molecule has 2 heterocycles. The Hall–Kier alpha value is -3.41. The van der Waals surface area contributed by atoms with Crippen LogP contribution in [0.5, 0.6) is 0 Å². The van der Waals surface area contributed by atoms with E-state index in [1.54, 1.807) is 18.3 Å². The van der Waals surface area contributed by atoms with Crippen LogP contribution in [0.3, 0.4) is 0 Å². The number of hydrogen-bond donors (Lipinski definition) is 2. The van der Waals surface area contributed by atoms with E-state index in [4.69, 9.17) is 0 Å². The fraction of sp³-hybridized carbons (Fsp3) is 0.227. The van der Waals surface area contributed by atoms with Crippen molar-refractivity contribution in [2.45, 2.75) is 20.8 Å². The predicted molar refractivity (Wildman–Crippen MR) is 109 cm³/mol. The fourth-order valence-corrected chi connectivity index (χ4v) is 3.12. The summed E-state index contributed by atoms with van der Waals surface area (Å²) in [5, 5.41) is 5.67. The molecule has 0 saturated heterocycles. The van der Waals surface area contributed by atoms with Crippen LogP contribution in [-0.4, -0.2) is 34.5 Å². The lowest BCUT2D eigenvalue weighted by molar-refractivity contribution is 0.0927. The van der Waals surface area contributed by atoms with E-state index in [0.717, 1.165) is 22.6 Å². The first kappa shape index (κ1) is 19.4. The molecule has 28 heavy (non-hydrogen) atoms. The zero-order valence-electron chi connectivity index (χ0n) is 16.3. The molecular formula is C22H24N4O2. The number of rotatable bonds is 6. The van der Waals surface area contributed by atoms with Gasteiger partial charge in [0.2, 0.25) is 0 Å². The summed E-state index contributed by atoms with van der Waals surface area (Å²) in [6.45, 7) is 6.67. The first-order chi connectivity index (χ1) is 13.5. The van der Waals surface area contributed by atoms with Crippen molar-refractivity contribution in [2.24, 2.45) is 0 Å². The van der Waals surface area contributed by atoms with Crippen LogP contribution in [0.25, 0.3) is 5.69 Å². The van der Waals surface area contributed by atoms with Gasteiger partial charge in [-0.1, -0.05) is 11.6 Å². The summed E-state index contributed by atoms with van der Waals surface area (Å²) in [7, 11) is 0. The lowest BCUT2D eigenvalue weighted by Crippen LogP contribution is -2.35. The molecule has 6 heteroatoms. The van der Waals surface area contributed by atoms with Crippen LogP contribution in [0, 0.1) is 20.8 Å². The minimum absolute atomic E-state index is 0.165. The van der Waals surface area contributed by atoms with E-state index < -0.39 is 0 Å². The predicted octanol–water partition coefficient (Wildman–Crippen LogP) is 2.96. The highest BCUT2D eigenvalue weighted by atomic mass is 16.2. The molecule has 0 atom stereocenters. The Morgan fingerprint density at radius 1 is 0.929 bits per heavy atom. The number of nitrogens with one attached hydrogen (secondary N) is 2. The van der Waals surface area contributed by atoms with Gasteiger partial charge in [0, 0.05) is 36.9 Å². The van der Waals surface area contributed by atoms with Gasteiger partial charge in [0.1, 0.15) is 0 Å². The third-order valence-corrected chi connectivity index (χ3v) is 4.53. The Morgan fingerprint density at radius 3 is 2.25 bits per heavy atom. The molecule has 2 amide bonds. The first-order valence-electron chi connectivity index (χ1n) is 9.20. The van der Waals surface area contributed by atoms with Crippen LogP contribution in [0.4, 0.5) is 0 Å². The molecule has 0 saturated carbocycles. The molecule has 0 radical (unpaired) electrons. The molecule has 3 rings (SSSR count). The minimum atomic E-state index is -0.211. The van der Waals surface area contributed by atoms with E-state index in [-0.39, 0.29) is 11.8 Å². The van der Waals surface area contributed by atoms with Crippen molar-refractivity contribution in [3.8, 4) is 5.69 Å². The van der Waals surface area contributed by atoms with Crippen LogP contribution in [0.1, 0.15) is 37.7 Å². The molecule has 0 spiro atoms. The number of aryl methyl sites for hydroxylation is 3. The Morgan fingerprint density at radius 2 is 1.61 bits per heavy atom. The van der Waals surface area contributed by atoms with Crippen molar-refractivity contribution >= 4 is 11.8 Å². The van der Waals surface area contributed by atoms with Crippen molar-refractivity contribution in [3.05, 3.63) is 82.9 Å². The van der Waals surface area contributed by atoms with Crippen molar-refractivity contribution in [3.63, 3.8) is 0 Å². The van der Waals surface area contributed by atoms with Gasteiger partial charge in [-0.05, 0) is 57.2 Å². The van der Waals surface area contributed by atoms with Gasteiger partial charge in [-0.15, -0.1) is 0 Å². The second kappa shape index (κ2) is 8.52. The zero-order chi connectivity index (χ0) is 20.1. The van der Waals surface area contributed by atoms with Gasteiger partial charge < -0.3 is 15.2 Å². The highest BCUT2D eigenvalue weighted by Gasteiger charge is 2.15. The maximum atomic E-state index is 12.8. The number of amides is 2. The average Bonchev–Trinajstić information content (AvgIpc) is 3.03. The maximum Gasteiger partial charge on any atom is 0.253 e. The minimum Gasteiger partial charge on any atom is -0.350 e. The fourth-order valence-electron chi connectivity index (χ4n) is 3.12. The molecule has 0 unspecified atom stereocenters. The van der Waals surface area contributed by atoms with Gasteiger partial charge in [0.15, 0.2) is 0 Å². The van der Waals surface area contributed by atoms with E-state index >= 15 is 0 Å². The zero-order valence-corrected chi connectivity index (χ0v) is 16.3. The Labute approximate surface area is 164 Å². The third-order valence-electron chi connectivity index (χ3n) is 4.53. The number of benzene rings is 1. The van der Waals surface area contributed by atoms with Crippen LogP contribution in [0.15, 0.2) is 54.9 Å². The van der Waals surface area contributed by atoms with E-state index in [2.05, 4.69) is 20.2 Å². The highest BCUT2D eigenvalue weighted by Crippen LogP contribution is 2.21. The van der Waals surface area contributed by atoms with Gasteiger partial charge in [-0.3, -0.25) is 14.6 Å². The van der Waals surface area contributed by atoms with Gasteiger partial charge in [0.05, 0.1) is 16.8 Å². The molecule has 0 bridgehead atoms. The van der Waals surface area contributed by atoms with Crippen molar-refractivity contribution in [2.75, 3.05) is 13.1 Å². The summed E-state index contributed by atoms with van der Waals surface area (Å²) in [5.41, 5.74) is 5.11. The second-order valence-corrected chi connectivity index (χ2v) is 6.73. The number of aromatic nitrogens is 2. The van der Waals surface area contributed by atoms with Gasteiger partial charge in [0.25, 0.3) is 11.8 Å². The van der Waals surface area contributed by atoms with E-state index in [0.29, 0.717) is 24.2 Å². The molecule has 2 aromatic heterocycles. The molecule has 0 aliphatic rings. The molecule has 2 N–H and O–H groups in total. The molecule has 6 nitrogen and oxygen atoms in total. The van der Waals surface area contributed by atoms with Crippen LogP contribution in [0.2, 0.25) is 0 Å². The maximum absolute atomic E-state index is 12.8. The number of pyridine rings is 1. The number of nitrogens with zero attached hydrogens (tertiary/aromatic N) is 2. The Bertz CT molecular complexity index is 974. The van der Waals surface area contributed by atoms with Crippen molar-refractivity contribution in [1.82, 2.24) is 20.2 Å². The van der Waals surface area contributed by atoms with E-state index in [1.165, 1.54) is 6.20 Å². The molecular weight excluding hydrogens is 352 g/mol. The number of carbonyl (C=O) groups is 2. The number of carbonyl (C=O) groups excluding carboxylic acids is 2. The van der Waals surface area contributed by atoms with Crippen LogP contribution >= 0.6 is 0 Å². The lowest BCUT2D eigenvalue weighted by Gasteiger charge is -2.15. The summed E-state index contributed by atoms with van der Waals surface area (Å²) >= 11 is 0. The van der Waals surface area contributed by atoms with Crippen LogP contribution < -0.4 is 10.6 Å². The quantitative estimate of drug-likeness (QED) is 0.650. The van der Waals surface area contributed by atoms with Gasteiger partial charge in [-0.25, -0.2) is 0 Å². The summed E-state index contributed by atoms with van der Waals surface area (Å²) in [6, 6.07) is 13.3. The summed E-state index contributed by atoms with van der Waals surface area (Å²) in [5.74, 6) is -0.376. The van der Waals surface area contributed by atoms with Gasteiger partial charge in [-0.2, -0.15) is 0 Å². The first-order valence-corrected chi connectivity index (χ1v) is 9.20. The smallest absolute Gasteiger partial charge is 0.253 e. The largest absolute Gasteiger partial charge is 0.350 e.